The predicted molar refractivity (Wildman–Crippen MR) is 51.2 cm³/mol. The molecule has 13 heavy (non-hydrogen) atoms. The Morgan fingerprint density at radius 2 is 2.38 bits per heavy atom. The number of nitrogens with two attached hydrogens (primary N) is 1. The second-order valence-electron chi connectivity index (χ2n) is 2.43. The van der Waals surface area contributed by atoms with E-state index in [9.17, 15) is 4.79 Å². The number of halogens is 1. The van der Waals surface area contributed by atoms with Gasteiger partial charge in [0.1, 0.15) is 0 Å². The van der Waals surface area contributed by atoms with Gasteiger partial charge in [0.05, 0.1) is 6.61 Å². The Labute approximate surface area is 84.2 Å². The average Bonchev–Trinajstić information content (AvgIpc) is 2.03. The van der Waals surface area contributed by atoms with Crippen molar-refractivity contribution in [1.29, 1.82) is 0 Å². The van der Waals surface area contributed by atoms with Crippen LogP contribution in [0, 0.1) is 0 Å². The van der Waals surface area contributed by atoms with Gasteiger partial charge in [-0.1, -0.05) is 0 Å². The van der Waals surface area contributed by atoms with Gasteiger partial charge in [0, 0.05) is 23.3 Å². The minimum atomic E-state index is -0.747. The fourth-order valence-corrected chi connectivity index (χ4v) is 1.27. The first-order valence-corrected chi connectivity index (χ1v) is 4.49. The molecule has 1 aromatic rings. The lowest BCUT2D eigenvalue weighted by Gasteiger charge is -2.01. The van der Waals surface area contributed by atoms with Crippen LogP contribution in [0.25, 0.3) is 0 Å². The maximum atomic E-state index is 10.2. The number of pyridine rings is 1. The standard InChI is InChI=1S/C8H9BrN2O2/c9-7-3-6(4-11-5-7)1-2-13-8(10)12/h3-5H,1-2H2,(H2,10,12). The summed E-state index contributed by atoms with van der Waals surface area (Å²) in [6.45, 7) is 0.285. The molecule has 0 aromatic carbocycles. The van der Waals surface area contributed by atoms with Crippen molar-refractivity contribution >= 4 is 22.0 Å². The van der Waals surface area contributed by atoms with Crippen LogP contribution in [0.5, 0.6) is 0 Å². The van der Waals surface area contributed by atoms with Crippen LogP contribution in [0.4, 0.5) is 4.79 Å². The third kappa shape index (κ3) is 3.89. The van der Waals surface area contributed by atoms with Crippen molar-refractivity contribution in [3.8, 4) is 0 Å². The molecule has 0 fully saturated rings. The van der Waals surface area contributed by atoms with Crippen molar-refractivity contribution in [1.82, 2.24) is 4.98 Å². The van der Waals surface area contributed by atoms with E-state index >= 15 is 0 Å². The first-order valence-electron chi connectivity index (χ1n) is 3.70. The van der Waals surface area contributed by atoms with Gasteiger partial charge in [-0.2, -0.15) is 0 Å². The molecule has 1 heterocycles. The summed E-state index contributed by atoms with van der Waals surface area (Å²) in [5.41, 5.74) is 5.80. The second kappa shape index (κ2) is 4.81. The maximum Gasteiger partial charge on any atom is 0.404 e. The molecule has 1 rings (SSSR count). The topological polar surface area (TPSA) is 65.2 Å². The lowest BCUT2D eigenvalue weighted by Crippen LogP contribution is -2.14. The number of primary amides is 1. The van der Waals surface area contributed by atoms with Gasteiger partial charge >= 0.3 is 6.09 Å². The number of carbonyl (C=O) groups excluding carboxylic acids is 1. The molecule has 0 bridgehead atoms. The van der Waals surface area contributed by atoms with Gasteiger partial charge in [-0.25, -0.2) is 4.79 Å². The lowest BCUT2D eigenvalue weighted by atomic mass is 10.2. The Hall–Kier alpha value is -1.10. The first-order chi connectivity index (χ1) is 6.18. The normalized spacial score (nSPS) is 9.62. The van der Waals surface area contributed by atoms with E-state index in [1.165, 1.54) is 0 Å². The molecule has 2 N–H and O–H groups in total. The molecule has 0 aliphatic heterocycles. The van der Waals surface area contributed by atoms with Crippen LogP contribution in [-0.2, 0) is 11.2 Å². The quantitative estimate of drug-likeness (QED) is 0.877. The smallest absolute Gasteiger partial charge is 0.404 e. The number of hydrogen-bond acceptors (Lipinski definition) is 3. The average molecular weight is 245 g/mol. The highest BCUT2D eigenvalue weighted by Crippen LogP contribution is 2.09. The van der Waals surface area contributed by atoms with Crippen LogP contribution in [0.2, 0.25) is 0 Å². The third-order valence-corrected chi connectivity index (χ3v) is 1.83. The minimum absolute atomic E-state index is 0.285. The first kappa shape index (κ1) is 9.98. The van der Waals surface area contributed by atoms with Gasteiger partial charge in [0.15, 0.2) is 0 Å². The molecule has 0 radical (unpaired) electrons. The van der Waals surface area contributed by atoms with Gasteiger partial charge in [0.2, 0.25) is 0 Å². The molecular weight excluding hydrogens is 236 g/mol. The molecule has 5 heteroatoms. The number of rotatable bonds is 3. The monoisotopic (exact) mass is 244 g/mol. The Balaban J connectivity index is 2.41. The largest absolute Gasteiger partial charge is 0.449 e. The minimum Gasteiger partial charge on any atom is -0.449 e. The maximum absolute atomic E-state index is 10.2. The molecule has 0 aliphatic rings. The van der Waals surface area contributed by atoms with E-state index < -0.39 is 6.09 Å². The predicted octanol–water partition coefficient (Wildman–Crippen LogP) is 1.48. The van der Waals surface area contributed by atoms with Gasteiger partial charge < -0.3 is 10.5 Å². The molecule has 4 nitrogen and oxygen atoms in total. The number of amides is 1. The van der Waals surface area contributed by atoms with Gasteiger partial charge in [-0.05, 0) is 27.6 Å². The van der Waals surface area contributed by atoms with E-state index in [4.69, 9.17) is 5.73 Å². The molecule has 0 unspecified atom stereocenters. The molecule has 0 spiro atoms. The Bertz CT molecular complexity index is 304. The highest BCUT2D eigenvalue weighted by atomic mass is 79.9. The van der Waals surface area contributed by atoms with E-state index in [0.717, 1.165) is 10.0 Å². The van der Waals surface area contributed by atoms with Gasteiger partial charge in [-0.3, -0.25) is 4.98 Å². The third-order valence-electron chi connectivity index (χ3n) is 1.40. The lowest BCUT2D eigenvalue weighted by molar-refractivity contribution is 0.158. The fraction of sp³-hybridized carbons (Fsp3) is 0.250. The highest BCUT2D eigenvalue weighted by molar-refractivity contribution is 9.10. The van der Waals surface area contributed by atoms with E-state index in [-0.39, 0.29) is 6.61 Å². The summed E-state index contributed by atoms with van der Waals surface area (Å²) in [6.07, 6.45) is 3.28. The molecule has 1 amide bonds. The molecule has 0 saturated heterocycles. The summed E-state index contributed by atoms with van der Waals surface area (Å²) in [4.78, 5) is 14.2. The number of carbonyl (C=O) groups is 1. The van der Waals surface area contributed by atoms with Crippen LogP contribution >= 0.6 is 15.9 Å². The van der Waals surface area contributed by atoms with Gasteiger partial charge in [0.25, 0.3) is 0 Å². The molecule has 0 aliphatic carbocycles. The summed E-state index contributed by atoms with van der Waals surface area (Å²) in [6, 6.07) is 1.91. The van der Waals surface area contributed by atoms with Gasteiger partial charge in [-0.15, -0.1) is 0 Å². The molecule has 0 saturated carbocycles. The van der Waals surface area contributed by atoms with Crippen molar-refractivity contribution in [2.24, 2.45) is 5.73 Å². The van der Waals surface area contributed by atoms with Crippen molar-refractivity contribution in [2.75, 3.05) is 6.61 Å². The summed E-state index contributed by atoms with van der Waals surface area (Å²) in [5.74, 6) is 0. The summed E-state index contributed by atoms with van der Waals surface area (Å²) in [7, 11) is 0. The fourth-order valence-electron chi connectivity index (χ4n) is 0.862. The highest BCUT2D eigenvalue weighted by Gasteiger charge is 1.97. The molecule has 1 aromatic heterocycles. The number of hydrogen-bond donors (Lipinski definition) is 1. The molecule has 70 valence electrons. The van der Waals surface area contributed by atoms with Crippen molar-refractivity contribution in [3.05, 3.63) is 28.5 Å². The zero-order chi connectivity index (χ0) is 9.68. The van der Waals surface area contributed by atoms with E-state index in [1.807, 2.05) is 6.07 Å². The van der Waals surface area contributed by atoms with Crippen LogP contribution < -0.4 is 5.73 Å². The van der Waals surface area contributed by atoms with Crippen LogP contribution in [0.15, 0.2) is 22.9 Å². The number of aromatic nitrogens is 1. The molecular formula is C8H9BrN2O2. The summed E-state index contributed by atoms with van der Waals surface area (Å²) in [5, 5.41) is 0. The van der Waals surface area contributed by atoms with Crippen LogP contribution in [-0.4, -0.2) is 17.7 Å². The zero-order valence-corrected chi connectivity index (χ0v) is 8.45. The summed E-state index contributed by atoms with van der Waals surface area (Å²) < 4.78 is 5.49. The van der Waals surface area contributed by atoms with E-state index in [1.54, 1.807) is 12.4 Å². The SMILES string of the molecule is NC(=O)OCCc1cncc(Br)c1. The van der Waals surface area contributed by atoms with Crippen LogP contribution in [0.1, 0.15) is 5.56 Å². The van der Waals surface area contributed by atoms with Crippen molar-refractivity contribution in [3.63, 3.8) is 0 Å². The van der Waals surface area contributed by atoms with Crippen molar-refractivity contribution in [2.45, 2.75) is 6.42 Å². The van der Waals surface area contributed by atoms with Crippen LogP contribution in [0.3, 0.4) is 0 Å². The Kier molecular flexibility index (Phi) is 3.70. The zero-order valence-electron chi connectivity index (χ0n) is 6.87. The number of ether oxygens (including phenoxy) is 1. The van der Waals surface area contributed by atoms with E-state index in [2.05, 4.69) is 25.7 Å². The Morgan fingerprint density at radius 1 is 1.62 bits per heavy atom. The molecule has 0 atom stereocenters. The van der Waals surface area contributed by atoms with Crippen molar-refractivity contribution < 1.29 is 9.53 Å². The Morgan fingerprint density at radius 3 is 3.00 bits per heavy atom. The number of nitrogens with zero attached hydrogens (tertiary/aromatic N) is 1. The summed E-state index contributed by atoms with van der Waals surface area (Å²) >= 11 is 3.29. The second-order valence-corrected chi connectivity index (χ2v) is 3.34. The van der Waals surface area contributed by atoms with E-state index in [0.29, 0.717) is 6.42 Å².